The highest BCUT2D eigenvalue weighted by Crippen LogP contribution is 2.41. The monoisotopic (exact) mass is 556 g/mol. The fraction of sp³-hybridized carbons (Fsp3) is 0.211. The summed E-state index contributed by atoms with van der Waals surface area (Å²) in [5, 5.41) is 2.54. The lowest BCUT2D eigenvalue weighted by molar-refractivity contribution is 0.00672. The summed E-state index contributed by atoms with van der Waals surface area (Å²) in [5.41, 5.74) is 2.63. The Hall–Kier alpha value is -3.76. The Balaban J connectivity index is 1.45. The molecule has 208 valence electrons. The van der Waals surface area contributed by atoms with Crippen molar-refractivity contribution in [1.29, 1.82) is 0 Å². The van der Waals surface area contributed by atoms with Crippen LogP contribution in [0.25, 0.3) is 0 Å². The minimum atomic E-state index is -2.59. The molecule has 0 aromatic heterocycles. The van der Waals surface area contributed by atoms with Gasteiger partial charge in [-0.2, -0.15) is 0 Å². The number of ether oxygens (including phenoxy) is 1. The largest absolute Gasteiger partial charge is 0.407 e. The standard InChI is InChI=1S/C38H40O2Si/c1-37(2,3)41(35-26-15-7-16-27-35,36-28-17-8-18-29-36)40-31-19-30-39-38(32-20-9-4-10-21-32,33-22-11-5-12-23-33)34-24-13-6-14-25-34/h4-18,20-29H,19,30-31H2,1-3H3. The van der Waals surface area contributed by atoms with Gasteiger partial charge in [0.15, 0.2) is 0 Å². The van der Waals surface area contributed by atoms with Crippen molar-refractivity contribution in [2.75, 3.05) is 13.2 Å². The first-order valence-electron chi connectivity index (χ1n) is 14.5. The molecule has 0 aliphatic rings. The Labute approximate surface area is 246 Å². The van der Waals surface area contributed by atoms with Crippen LogP contribution >= 0.6 is 0 Å². The Morgan fingerprint density at radius 2 is 0.805 bits per heavy atom. The molecule has 0 saturated carbocycles. The average molecular weight is 557 g/mol. The number of rotatable bonds is 11. The molecule has 0 bridgehead atoms. The van der Waals surface area contributed by atoms with Gasteiger partial charge in [-0.05, 0) is 38.5 Å². The summed E-state index contributed by atoms with van der Waals surface area (Å²) in [5.74, 6) is 0. The van der Waals surface area contributed by atoms with Crippen molar-refractivity contribution in [2.24, 2.45) is 0 Å². The maximum atomic E-state index is 7.16. The van der Waals surface area contributed by atoms with Gasteiger partial charge in [0.1, 0.15) is 5.60 Å². The lowest BCUT2D eigenvalue weighted by Gasteiger charge is -2.43. The Kier molecular flexibility index (Phi) is 8.99. The summed E-state index contributed by atoms with van der Waals surface area (Å²) in [6.45, 7) is 8.13. The third kappa shape index (κ3) is 5.85. The van der Waals surface area contributed by atoms with Crippen LogP contribution in [0.4, 0.5) is 0 Å². The van der Waals surface area contributed by atoms with Crippen LogP contribution in [0.1, 0.15) is 43.9 Å². The van der Waals surface area contributed by atoms with Crippen molar-refractivity contribution in [3.05, 3.63) is 168 Å². The van der Waals surface area contributed by atoms with E-state index in [0.717, 1.165) is 23.1 Å². The fourth-order valence-electron chi connectivity index (χ4n) is 6.04. The highest BCUT2D eigenvalue weighted by atomic mass is 28.4. The van der Waals surface area contributed by atoms with E-state index in [1.807, 2.05) is 0 Å². The Bertz CT molecular complexity index is 1330. The van der Waals surface area contributed by atoms with Crippen molar-refractivity contribution in [3.63, 3.8) is 0 Å². The summed E-state index contributed by atoms with van der Waals surface area (Å²) >= 11 is 0. The second-order valence-electron chi connectivity index (χ2n) is 11.5. The highest BCUT2D eigenvalue weighted by Gasteiger charge is 2.50. The van der Waals surface area contributed by atoms with Gasteiger partial charge in [-0.1, -0.05) is 172 Å². The molecular weight excluding hydrogens is 517 g/mol. The van der Waals surface area contributed by atoms with Crippen molar-refractivity contribution in [1.82, 2.24) is 0 Å². The molecule has 0 aliphatic heterocycles. The predicted molar refractivity (Wildman–Crippen MR) is 173 cm³/mol. The SMILES string of the molecule is CC(C)(C)[Si](OCCCOC(c1ccccc1)(c1ccccc1)c1ccccc1)(c1ccccc1)c1ccccc1. The van der Waals surface area contributed by atoms with Crippen LogP contribution in [0.2, 0.25) is 5.04 Å². The lowest BCUT2D eigenvalue weighted by Crippen LogP contribution is -2.66. The van der Waals surface area contributed by atoms with Gasteiger partial charge in [0.2, 0.25) is 0 Å². The molecule has 0 saturated heterocycles. The third-order valence-corrected chi connectivity index (χ3v) is 12.9. The van der Waals surface area contributed by atoms with E-state index in [4.69, 9.17) is 9.16 Å². The van der Waals surface area contributed by atoms with Crippen LogP contribution in [-0.2, 0) is 14.8 Å². The van der Waals surface area contributed by atoms with E-state index >= 15 is 0 Å². The van der Waals surface area contributed by atoms with E-state index < -0.39 is 13.9 Å². The summed E-state index contributed by atoms with van der Waals surface area (Å²) in [7, 11) is -2.59. The van der Waals surface area contributed by atoms with Gasteiger partial charge in [-0.15, -0.1) is 0 Å². The van der Waals surface area contributed by atoms with Crippen LogP contribution in [0.15, 0.2) is 152 Å². The van der Waals surface area contributed by atoms with Crippen LogP contribution in [0.5, 0.6) is 0 Å². The first-order chi connectivity index (χ1) is 20.0. The van der Waals surface area contributed by atoms with Gasteiger partial charge >= 0.3 is 0 Å². The topological polar surface area (TPSA) is 18.5 Å². The first-order valence-corrected chi connectivity index (χ1v) is 16.4. The summed E-state index contributed by atoms with van der Waals surface area (Å²) < 4.78 is 14.2. The predicted octanol–water partition coefficient (Wildman–Crippen LogP) is 7.96. The minimum Gasteiger partial charge on any atom is -0.407 e. The molecule has 0 aliphatic carbocycles. The lowest BCUT2D eigenvalue weighted by atomic mass is 9.80. The summed E-state index contributed by atoms with van der Waals surface area (Å²) in [6.07, 6.45) is 0.777. The molecular formula is C38H40O2Si. The third-order valence-electron chi connectivity index (χ3n) is 7.88. The van der Waals surface area contributed by atoms with E-state index in [0.29, 0.717) is 13.2 Å². The molecule has 0 radical (unpaired) electrons. The van der Waals surface area contributed by atoms with E-state index in [9.17, 15) is 0 Å². The van der Waals surface area contributed by atoms with Crippen LogP contribution in [0.3, 0.4) is 0 Å². The van der Waals surface area contributed by atoms with Gasteiger partial charge in [0.25, 0.3) is 8.32 Å². The van der Waals surface area contributed by atoms with Crippen LogP contribution < -0.4 is 10.4 Å². The molecule has 5 aromatic rings. The normalized spacial score (nSPS) is 12.3. The van der Waals surface area contributed by atoms with E-state index in [1.165, 1.54) is 10.4 Å². The average Bonchev–Trinajstić information content (AvgIpc) is 3.02. The molecule has 0 amide bonds. The Morgan fingerprint density at radius 1 is 0.463 bits per heavy atom. The molecule has 0 heterocycles. The molecule has 41 heavy (non-hydrogen) atoms. The van der Waals surface area contributed by atoms with E-state index in [1.54, 1.807) is 0 Å². The summed E-state index contributed by atoms with van der Waals surface area (Å²) in [6, 6.07) is 53.4. The number of hydrogen-bond donors (Lipinski definition) is 0. The molecule has 2 nitrogen and oxygen atoms in total. The van der Waals surface area contributed by atoms with Crippen LogP contribution in [-0.4, -0.2) is 21.5 Å². The Morgan fingerprint density at radius 3 is 1.15 bits per heavy atom. The molecule has 0 spiro atoms. The van der Waals surface area contributed by atoms with Gasteiger partial charge < -0.3 is 9.16 Å². The second-order valence-corrected chi connectivity index (χ2v) is 15.8. The molecule has 0 unspecified atom stereocenters. The maximum Gasteiger partial charge on any atom is 0.261 e. The van der Waals surface area contributed by atoms with Gasteiger partial charge in [0.05, 0.1) is 6.61 Å². The molecule has 0 atom stereocenters. The van der Waals surface area contributed by atoms with E-state index in [-0.39, 0.29) is 5.04 Å². The van der Waals surface area contributed by atoms with Gasteiger partial charge in [-0.3, -0.25) is 0 Å². The second kappa shape index (κ2) is 12.8. The number of benzene rings is 5. The van der Waals surface area contributed by atoms with Gasteiger partial charge in [-0.25, -0.2) is 0 Å². The zero-order valence-corrected chi connectivity index (χ0v) is 25.4. The van der Waals surface area contributed by atoms with Crippen LogP contribution in [0, 0.1) is 0 Å². The zero-order chi connectivity index (χ0) is 28.6. The molecule has 5 rings (SSSR count). The van der Waals surface area contributed by atoms with Gasteiger partial charge in [0, 0.05) is 6.61 Å². The fourth-order valence-corrected chi connectivity index (χ4v) is 10.6. The molecule has 5 aromatic carbocycles. The quantitative estimate of drug-likeness (QED) is 0.0933. The molecule has 0 fully saturated rings. The number of hydrogen-bond acceptors (Lipinski definition) is 2. The molecule has 3 heteroatoms. The smallest absolute Gasteiger partial charge is 0.261 e. The minimum absolute atomic E-state index is 0.0571. The van der Waals surface area contributed by atoms with Crippen molar-refractivity contribution in [3.8, 4) is 0 Å². The zero-order valence-electron chi connectivity index (χ0n) is 24.4. The van der Waals surface area contributed by atoms with E-state index in [2.05, 4.69) is 172 Å². The first kappa shape index (κ1) is 28.8. The van der Waals surface area contributed by atoms with Crippen molar-refractivity contribution < 1.29 is 9.16 Å². The highest BCUT2D eigenvalue weighted by molar-refractivity contribution is 6.99. The van der Waals surface area contributed by atoms with Crippen molar-refractivity contribution >= 4 is 18.7 Å². The summed E-state index contributed by atoms with van der Waals surface area (Å²) in [4.78, 5) is 0. The van der Waals surface area contributed by atoms with Crippen molar-refractivity contribution in [2.45, 2.75) is 37.8 Å². The molecule has 0 N–H and O–H groups in total. The maximum absolute atomic E-state index is 7.16.